The molecule has 5 nitrogen and oxygen atoms in total. The van der Waals surface area contributed by atoms with E-state index in [0.29, 0.717) is 13.2 Å². The van der Waals surface area contributed by atoms with E-state index in [1.54, 1.807) is 0 Å². The highest BCUT2D eigenvalue weighted by Crippen LogP contribution is 2.21. The number of nitrogens with one attached hydrogen (secondary N) is 1. The van der Waals surface area contributed by atoms with Crippen molar-refractivity contribution in [1.29, 1.82) is 0 Å². The maximum Gasteiger partial charge on any atom is 0.225 e. The molecule has 0 aromatic heterocycles. The van der Waals surface area contributed by atoms with Crippen molar-refractivity contribution in [3.05, 3.63) is 35.4 Å². The Morgan fingerprint density at radius 2 is 2.08 bits per heavy atom. The van der Waals surface area contributed by atoms with Gasteiger partial charge in [0.05, 0.1) is 19.1 Å². The van der Waals surface area contributed by atoms with Crippen LogP contribution in [-0.2, 0) is 22.6 Å². The van der Waals surface area contributed by atoms with Crippen LogP contribution in [0.4, 0.5) is 0 Å². The second kappa shape index (κ2) is 8.60. The number of benzene rings is 1. The van der Waals surface area contributed by atoms with Crippen molar-refractivity contribution in [2.24, 2.45) is 5.92 Å². The third kappa shape index (κ3) is 4.35. The van der Waals surface area contributed by atoms with Gasteiger partial charge < -0.3 is 15.2 Å². The molecule has 2 aliphatic rings. The van der Waals surface area contributed by atoms with Gasteiger partial charge in [-0.25, -0.2) is 0 Å². The number of amides is 1. The first-order chi connectivity index (χ1) is 11.8. The SMILES string of the molecule is O=C(NCc1ccccc1CN1CCC[C@H]1CO)[C@H]1CCCOC1. The summed E-state index contributed by atoms with van der Waals surface area (Å²) < 4.78 is 5.40. The minimum atomic E-state index is -0.0109. The van der Waals surface area contributed by atoms with Crippen molar-refractivity contribution in [3.63, 3.8) is 0 Å². The van der Waals surface area contributed by atoms with Crippen LogP contribution >= 0.6 is 0 Å². The summed E-state index contributed by atoms with van der Waals surface area (Å²) in [6, 6.07) is 8.53. The number of likely N-dealkylation sites (tertiary alicyclic amines) is 1. The van der Waals surface area contributed by atoms with Gasteiger partial charge in [0.1, 0.15) is 0 Å². The van der Waals surface area contributed by atoms with E-state index in [9.17, 15) is 9.90 Å². The first-order valence-electron chi connectivity index (χ1n) is 9.05. The fraction of sp³-hybridized carbons (Fsp3) is 0.632. The second-order valence-corrected chi connectivity index (χ2v) is 6.85. The van der Waals surface area contributed by atoms with E-state index in [1.807, 2.05) is 12.1 Å². The molecule has 0 saturated carbocycles. The summed E-state index contributed by atoms with van der Waals surface area (Å²) in [4.78, 5) is 14.6. The standard InChI is InChI=1S/C19H28N2O3/c22-13-18-8-3-9-21(18)12-16-6-2-1-5-15(16)11-20-19(23)17-7-4-10-24-14-17/h1-2,5-6,17-18,22H,3-4,7-14H2,(H,20,23)/t17-,18-/m0/s1. The molecule has 2 heterocycles. The van der Waals surface area contributed by atoms with Gasteiger partial charge >= 0.3 is 0 Å². The fourth-order valence-electron chi connectivity index (χ4n) is 3.69. The minimum Gasteiger partial charge on any atom is -0.395 e. The smallest absolute Gasteiger partial charge is 0.225 e. The first-order valence-corrected chi connectivity index (χ1v) is 9.05. The Hall–Kier alpha value is -1.43. The fourth-order valence-corrected chi connectivity index (χ4v) is 3.69. The van der Waals surface area contributed by atoms with Crippen molar-refractivity contribution in [2.75, 3.05) is 26.4 Å². The van der Waals surface area contributed by atoms with E-state index in [0.717, 1.165) is 50.9 Å². The maximum absolute atomic E-state index is 12.3. The highest BCUT2D eigenvalue weighted by atomic mass is 16.5. The lowest BCUT2D eigenvalue weighted by Gasteiger charge is -2.24. The summed E-state index contributed by atoms with van der Waals surface area (Å²) in [5.41, 5.74) is 2.39. The zero-order valence-electron chi connectivity index (χ0n) is 14.2. The van der Waals surface area contributed by atoms with Gasteiger partial charge in [0.25, 0.3) is 0 Å². The van der Waals surface area contributed by atoms with Crippen molar-refractivity contribution >= 4 is 5.91 Å². The van der Waals surface area contributed by atoms with E-state index < -0.39 is 0 Å². The highest BCUT2D eigenvalue weighted by Gasteiger charge is 2.25. The number of rotatable bonds is 6. The molecular formula is C19H28N2O3. The Morgan fingerprint density at radius 1 is 1.25 bits per heavy atom. The van der Waals surface area contributed by atoms with E-state index in [4.69, 9.17) is 4.74 Å². The normalized spacial score (nSPS) is 24.9. The lowest BCUT2D eigenvalue weighted by molar-refractivity contribution is -0.129. The summed E-state index contributed by atoms with van der Waals surface area (Å²) >= 11 is 0. The van der Waals surface area contributed by atoms with Crippen molar-refractivity contribution in [2.45, 2.75) is 44.8 Å². The summed E-state index contributed by atoms with van der Waals surface area (Å²) in [5, 5.41) is 12.6. The van der Waals surface area contributed by atoms with Gasteiger partial charge in [-0.1, -0.05) is 24.3 Å². The van der Waals surface area contributed by atoms with Crippen molar-refractivity contribution in [1.82, 2.24) is 10.2 Å². The third-order valence-electron chi connectivity index (χ3n) is 5.19. The Labute approximate surface area is 144 Å². The predicted octanol–water partition coefficient (Wildman–Crippen LogP) is 1.69. The Bertz CT molecular complexity index is 543. The van der Waals surface area contributed by atoms with Crippen LogP contribution < -0.4 is 5.32 Å². The highest BCUT2D eigenvalue weighted by molar-refractivity contribution is 5.78. The lowest BCUT2D eigenvalue weighted by atomic mass is 10.0. The summed E-state index contributed by atoms with van der Waals surface area (Å²) in [6.45, 7) is 3.97. The van der Waals surface area contributed by atoms with Crippen LogP contribution in [0.1, 0.15) is 36.8 Å². The van der Waals surface area contributed by atoms with E-state index >= 15 is 0 Å². The topological polar surface area (TPSA) is 61.8 Å². The summed E-state index contributed by atoms with van der Waals surface area (Å²) in [7, 11) is 0. The molecule has 2 N–H and O–H groups in total. The van der Waals surface area contributed by atoms with E-state index in [1.165, 1.54) is 5.56 Å². The average molecular weight is 332 g/mol. The van der Waals surface area contributed by atoms with Crippen LogP contribution in [0.2, 0.25) is 0 Å². The van der Waals surface area contributed by atoms with Gasteiger partial charge in [-0.3, -0.25) is 9.69 Å². The van der Waals surface area contributed by atoms with Crippen LogP contribution in [0.25, 0.3) is 0 Å². The predicted molar refractivity (Wildman–Crippen MR) is 92.3 cm³/mol. The molecule has 0 radical (unpaired) electrons. The van der Waals surface area contributed by atoms with Crippen molar-refractivity contribution in [3.8, 4) is 0 Å². The van der Waals surface area contributed by atoms with Gasteiger partial charge in [-0.15, -0.1) is 0 Å². The van der Waals surface area contributed by atoms with Crippen LogP contribution in [0.15, 0.2) is 24.3 Å². The molecule has 2 saturated heterocycles. The largest absolute Gasteiger partial charge is 0.395 e. The molecule has 5 heteroatoms. The molecule has 1 amide bonds. The monoisotopic (exact) mass is 332 g/mol. The number of aliphatic hydroxyl groups excluding tert-OH is 1. The quantitative estimate of drug-likeness (QED) is 0.832. The number of hydrogen-bond acceptors (Lipinski definition) is 4. The molecule has 2 fully saturated rings. The molecule has 24 heavy (non-hydrogen) atoms. The number of nitrogens with zero attached hydrogens (tertiary/aromatic N) is 1. The zero-order valence-corrected chi connectivity index (χ0v) is 14.2. The van der Waals surface area contributed by atoms with Crippen LogP contribution in [0.3, 0.4) is 0 Å². The van der Waals surface area contributed by atoms with Crippen LogP contribution in [0, 0.1) is 5.92 Å². The summed E-state index contributed by atoms with van der Waals surface area (Å²) in [5.74, 6) is 0.0853. The number of ether oxygens (including phenoxy) is 1. The van der Waals surface area contributed by atoms with E-state index in [2.05, 4.69) is 22.3 Å². The lowest BCUT2D eigenvalue weighted by Crippen LogP contribution is -2.36. The first kappa shape index (κ1) is 17.4. The molecule has 1 aromatic rings. The van der Waals surface area contributed by atoms with Gasteiger partial charge in [-0.2, -0.15) is 0 Å². The van der Waals surface area contributed by atoms with Gasteiger partial charge in [0.2, 0.25) is 5.91 Å². The van der Waals surface area contributed by atoms with Crippen LogP contribution in [-0.4, -0.2) is 48.3 Å². The van der Waals surface area contributed by atoms with Crippen LogP contribution in [0.5, 0.6) is 0 Å². The van der Waals surface area contributed by atoms with Crippen molar-refractivity contribution < 1.29 is 14.6 Å². The Balaban J connectivity index is 1.58. The number of hydrogen-bond donors (Lipinski definition) is 2. The number of aliphatic hydroxyl groups is 1. The molecule has 132 valence electrons. The number of carbonyl (C=O) groups excluding carboxylic acids is 1. The molecule has 0 spiro atoms. The second-order valence-electron chi connectivity index (χ2n) is 6.85. The van der Waals surface area contributed by atoms with E-state index in [-0.39, 0.29) is 24.5 Å². The molecule has 0 aliphatic carbocycles. The molecular weight excluding hydrogens is 304 g/mol. The Kier molecular flexibility index (Phi) is 6.24. The number of carbonyl (C=O) groups is 1. The zero-order chi connectivity index (χ0) is 16.8. The molecule has 3 rings (SSSR count). The third-order valence-corrected chi connectivity index (χ3v) is 5.19. The van der Waals surface area contributed by atoms with Gasteiger partial charge in [0, 0.05) is 25.7 Å². The van der Waals surface area contributed by atoms with Gasteiger partial charge in [-0.05, 0) is 43.4 Å². The summed E-state index contributed by atoms with van der Waals surface area (Å²) in [6.07, 6.45) is 4.09. The minimum absolute atomic E-state index is 0.0109. The Morgan fingerprint density at radius 3 is 2.83 bits per heavy atom. The maximum atomic E-state index is 12.3. The molecule has 1 aromatic carbocycles. The average Bonchev–Trinajstić information content (AvgIpc) is 3.08. The molecule has 0 bridgehead atoms. The van der Waals surface area contributed by atoms with Gasteiger partial charge in [0.15, 0.2) is 0 Å². The molecule has 2 atom stereocenters. The molecule has 2 aliphatic heterocycles. The molecule has 0 unspecified atom stereocenters.